The molecule has 0 fully saturated rings. The van der Waals surface area contributed by atoms with Gasteiger partial charge in [0.25, 0.3) is 0 Å². The summed E-state index contributed by atoms with van der Waals surface area (Å²) in [7, 11) is 4.26. The SMILES string of the molecule is CCCCn1c(SCC(=O)c2[nH]c(C)c(C(C)=O)c2C)nnc1[C@H](CC)[NH+](C)C. The van der Waals surface area contributed by atoms with Crippen molar-refractivity contribution < 1.29 is 14.5 Å². The molecule has 0 aliphatic carbocycles. The summed E-state index contributed by atoms with van der Waals surface area (Å²) in [5.41, 5.74) is 2.61. The topological polar surface area (TPSA) is 85.1 Å². The molecule has 0 aromatic carbocycles. The van der Waals surface area contributed by atoms with Crippen molar-refractivity contribution in [1.82, 2.24) is 19.7 Å². The normalized spacial score (nSPS) is 12.6. The number of nitrogens with zero attached hydrogens (tertiary/aromatic N) is 3. The molecule has 2 rings (SSSR count). The predicted octanol–water partition coefficient (Wildman–Crippen LogP) is 2.80. The van der Waals surface area contributed by atoms with Crippen LogP contribution < -0.4 is 4.90 Å². The van der Waals surface area contributed by atoms with Gasteiger partial charge in [0.05, 0.1) is 25.5 Å². The molecule has 0 aliphatic heterocycles. The quantitative estimate of drug-likeness (QED) is 0.431. The van der Waals surface area contributed by atoms with E-state index in [0.29, 0.717) is 11.3 Å². The molecule has 2 N–H and O–H groups in total. The fraction of sp³-hybridized carbons (Fsp3) is 0.619. The summed E-state index contributed by atoms with van der Waals surface area (Å²) in [6, 6.07) is 0.274. The number of ketones is 2. The van der Waals surface area contributed by atoms with Gasteiger partial charge in [-0.15, -0.1) is 10.2 Å². The second kappa shape index (κ2) is 10.2. The zero-order chi connectivity index (χ0) is 21.7. The Kier molecular flexibility index (Phi) is 8.22. The number of H-pyrrole nitrogens is 1. The lowest BCUT2D eigenvalue weighted by molar-refractivity contribution is -0.893. The molecule has 8 heteroatoms. The van der Waals surface area contributed by atoms with Crippen LogP contribution in [0.4, 0.5) is 0 Å². The third kappa shape index (κ3) is 5.17. The van der Waals surface area contributed by atoms with Crippen LogP contribution in [-0.4, -0.2) is 51.2 Å². The fourth-order valence-electron chi connectivity index (χ4n) is 3.80. The van der Waals surface area contributed by atoms with Gasteiger partial charge in [0.15, 0.2) is 22.5 Å². The van der Waals surface area contributed by atoms with Gasteiger partial charge in [0.1, 0.15) is 6.04 Å². The van der Waals surface area contributed by atoms with E-state index in [4.69, 9.17) is 0 Å². The number of thioether (sulfide) groups is 1. The molecule has 160 valence electrons. The van der Waals surface area contributed by atoms with E-state index >= 15 is 0 Å². The Hall–Kier alpha value is -1.93. The minimum Gasteiger partial charge on any atom is -0.355 e. The Morgan fingerprint density at radius 1 is 1.21 bits per heavy atom. The number of Topliss-reactive ketones (excluding diaryl/α,β-unsaturated/α-hetero) is 2. The molecule has 0 aliphatic rings. The minimum absolute atomic E-state index is 0.0244. The molecule has 0 saturated carbocycles. The smallest absolute Gasteiger partial charge is 0.192 e. The Labute approximate surface area is 177 Å². The zero-order valence-corrected chi connectivity index (χ0v) is 19.5. The summed E-state index contributed by atoms with van der Waals surface area (Å²) in [6.07, 6.45) is 3.11. The number of unbranched alkanes of at least 4 members (excludes halogenated alkanes) is 1. The number of nitrogens with one attached hydrogen (secondary N) is 2. The van der Waals surface area contributed by atoms with E-state index in [-0.39, 0.29) is 23.4 Å². The molecule has 0 radical (unpaired) electrons. The summed E-state index contributed by atoms with van der Waals surface area (Å²) in [5.74, 6) is 1.19. The van der Waals surface area contributed by atoms with Gasteiger partial charge in [-0.1, -0.05) is 32.0 Å². The zero-order valence-electron chi connectivity index (χ0n) is 18.7. The molecule has 0 saturated heterocycles. The lowest BCUT2D eigenvalue weighted by Gasteiger charge is -2.20. The van der Waals surface area contributed by atoms with E-state index in [9.17, 15) is 9.59 Å². The maximum atomic E-state index is 12.8. The number of aromatic amines is 1. The Morgan fingerprint density at radius 3 is 2.41 bits per heavy atom. The van der Waals surface area contributed by atoms with Gasteiger partial charge in [-0.2, -0.15) is 0 Å². The summed E-state index contributed by atoms with van der Waals surface area (Å²) >= 11 is 1.42. The number of carbonyl (C=O) groups excluding carboxylic acids is 2. The highest BCUT2D eigenvalue weighted by Crippen LogP contribution is 2.24. The van der Waals surface area contributed by atoms with Crippen molar-refractivity contribution in [3.63, 3.8) is 0 Å². The van der Waals surface area contributed by atoms with Crippen LogP contribution in [0.1, 0.15) is 84.0 Å². The molecule has 0 unspecified atom stereocenters. The third-order valence-electron chi connectivity index (χ3n) is 5.30. The number of hydrogen-bond donors (Lipinski definition) is 2. The molecule has 0 spiro atoms. The first-order chi connectivity index (χ1) is 13.7. The van der Waals surface area contributed by atoms with E-state index < -0.39 is 0 Å². The molecule has 7 nitrogen and oxygen atoms in total. The van der Waals surface area contributed by atoms with Crippen molar-refractivity contribution in [1.29, 1.82) is 0 Å². The van der Waals surface area contributed by atoms with Gasteiger partial charge >= 0.3 is 0 Å². The van der Waals surface area contributed by atoms with Crippen molar-refractivity contribution in [2.75, 3.05) is 19.8 Å². The first kappa shape index (κ1) is 23.3. The number of aromatic nitrogens is 4. The number of carbonyl (C=O) groups is 2. The summed E-state index contributed by atoms with van der Waals surface area (Å²) in [6.45, 7) is 10.4. The number of quaternary nitrogens is 1. The van der Waals surface area contributed by atoms with Gasteiger partial charge in [-0.05, 0) is 32.8 Å². The summed E-state index contributed by atoms with van der Waals surface area (Å²) in [5, 5.41) is 9.67. The minimum atomic E-state index is -0.0278. The molecule has 1 atom stereocenters. The largest absolute Gasteiger partial charge is 0.355 e. The predicted molar refractivity (Wildman–Crippen MR) is 116 cm³/mol. The van der Waals surface area contributed by atoms with Gasteiger partial charge < -0.3 is 14.5 Å². The Balaban J connectivity index is 2.24. The Morgan fingerprint density at radius 2 is 1.90 bits per heavy atom. The van der Waals surface area contributed by atoms with Crippen LogP contribution in [0.2, 0.25) is 0 Å². The molecular weight excluding hydrogens is 386 g/mol. The highest BCUT2D eigenvalue weighted by Gasteiger charge is 2.26. The van der Waals surface area contributed by atoms with Crippen LogP contribution >= 0.6 is 11.8 Å². The number of aryl methyl sites for hydroxylation is 1. The Bertz CT molecular complexity index is 869. The first-order valence-corrected chi connectivity index (χ1v) is 11.3. The molecule has 0 bridgehead atoms. The van der Waals surface area contributed by atoms with E-state index in [1.54, 1.807) is 0 Å². The second-order valence-electron chi connectivity index (χ2n) is 7.78. The van der Waals surface area contributed by atoms with Crippen molar-refractivity contribution >= 4 is 23.3 Å². The first-order valence-electron chi connectivity index (χ1n) is 10.3. The fourth-order valence-corrected chi connectivity index (χ4v) is 4.64. The van der Waals surface area contributed by atoms with E-state index in [2.05, 4.69) is 47.7 Å². The highest BCUT2D eigenvalue weighted by molar-refractivity contribution is 7.99. The second-order valence-corrected chi connectivity index (χ2v) is 8.72. The highest BCUT2D eigenvalue weighted by atomic mass is 32.2. The average molecular weight is 421 g/mol. The number of hydrogen-bond acceptors (Lipinski definition) is 5. The monoisotopic (exact) mass is 420 g/mol. The van der Waals surface area contributed by atoms with Crippen molar-refractivity contribution in [2.45, 2.75) is 71.6 Å². The van der Waals surface area contributed by atoms with E-state index in [1.807, 2.05) is 13.8 Å². The van der Waals surface area contributed by atoms with Crippen LogP contribution in [-0.2, 0) is 6.54 Å². The maximum absolute atomic E-state index is 12.8. The van der Waals surface area contributed by atoms with E-state index in [1.165, 1.54) is 23.6 Å². The molecule has 29 heavy (non-hydrogen) atoms. The van der Waals surface area contributed by atoms with Crippen molar-refractivity contribution in [2.24, 2.45) is 0 Å². The third-order valence-corrected chi connectivity index (χ3v) is 6.27. The van der Waals surface area contributed by atoms with Gasteiger partial charge in [0.2, 0.25) is 0 Å². The van der Waals surface area contributed by atoms with Crippen molar-refractivity contribution in [3.05, 3.63) is 28.3 Å². The molecule has 0 amide bonds. The number of rotatable bonds is 11. The van der Waals surface area contributed by atoms with E-state index in [0.717, 1.165) is 48.0 Å². The molecule has 2 aromatic rings. The lowest BCUT2D eigenvalue weighted by Crippen LogP contribution is -3.06. The molecule has 2 heterocycles. The molecular formula is C21H34N5O2S+. The van der Waals surface area contributed by atoms with Gasteiger partial charge in [0, 0.05) is 24.2 Å². The van der Waals surface area contributed by atoms with Crippen LogP contribution in [0.15, 0.2) is 5.16 Å². The lowest BCUT2D eigenvalue weighted by atomic mass is 10.1. The molecule has 2 aromatic heterocycles. The van der Waals surface area contributed by atoms with Crippen molar-refractivity contribution in [3.8, 4) is 0 Å². The summed E-state index contributed by atoms with van der Waals surface area (Å²) < 4.78 is 2.18. The van der Waals surface area contributed by atoms with Crippen LogP contribution in [0, 0.1) is 13.8 Å². The average Bonchev–Trinajstić information content (AvgIpc) is 3.18. The van der Waals surface area contributed by atoms with Crippen LogP contribution in [0.25, 0.3) is 0 Å². The standard InChI is InChI=1S/C21H33N5O2S/c1-8-10-11-26-20(16(9-2)25(6)7)23-24-21(26)29-12-17(28)19-13(3)18(15(5)27)14(4)22-19/h16,22H,8-12H2,1-7H3/p+1/t16-/m0/s1. The van der Waals surface area contributed by atoms with Crippen LogP contribution in [0.5, 0.6) is 0 Å². The van der Waals surface area contributed by atoms with Gasteiger partial charge in [-0.3, -0.25) is 9.59 Å². The van der Waals surface area contributed by atoms with Crippen LogP contribution in [0.3, 0.4) is 0 Å². The van der Waals surface area contributed by atoms with Gasteiger partial charge in [-0.25, -0.2) is 0 Å². The maximum Gasteiger partial charge on any atom is 0.192 e. The summed E-state index contributed by atoms with van der Waals surface area (Å²) in [4.78, 5) is 29.1.